The molecule has 0 saturated heterocycles. The summed E-state index contributed by atoms with van der Waals surface area (Å²) >= 11 is 0. The van der Waals surface area contributed by atoms with Crippen molar-refractivity contribution in [3.8, 4) is 0 Å². The van der Waals surface area contributed by atoms with Crippen LogP contribution >= 0.6 is 0 Å². The first-order valence-corrected chi connectivity index (χ1v) is 16.0. The van der Waals surface area contributed by atoms with Crippen LogP contribution in [0.5, 0.6) is 0 Å². The van der Waals surface area contributed by atoms with E-state index in [9.17, 15) is 0 Å². The fourth-order valence-corrected chi connectivity index (χ4v) is 7.20. The molecule has 0 aliphatic rings. The van der Waals surface area contributed by atoms with E-state index in [0.717, 1.165) is 0 Å². The van der Waals surface area contributed by atoms with E-state index in [2.05, 4.69) is 183 Å². The van der Waals surface area contributed by atoms with Crippen LogP contribution in [-0.2, 0) is 0 Å². The predicted octanol–water partition coefficient (Wildman–Crippen LogP) is 12.8. The van der Waals surface area contributed by atoms with E-state index < -0.39 is 0 Å². The molecule has 0 aromatic heterocycles. The van der Waals surface area contributed by atoms with Gasteiger partial charge in [-0.2, -0.15) is 0 Å². The molecule has 0 aliphatic carbocycles. The van der Waals surface area contributed by atoms with Gasteiger partial charge < -0.3 is 9.80 Å². The van der Waals surface area contributed by atoms with Gasteiger partial charge in [0.15, 0.2) is 0 Å². The normalized spacial score (nSPS) is 11.5. The molecule has 46 heavy (non-hydrogen) atoms. The average Bonchev–Trinajstić information content (AvgIpc) is 3.08. The van der Waals surface area contributed by atoms with Crippen LogP contribution in [0, 0.1) is 27.7 Å². The van der Waals surface area contributed by atoms with Crippen LogP contribution in [0.4, 0.5) is 34.1 Å². The van der Waals surface area contributed by atoms with E-state index in [4.69, 9.17) is 0 Å². The monoisotopic (exact) mass is 592 g/mol. The smallest absolute Gasteiger partial charge is 0.0540 e. The molecule has 0 heterocycles. The summed E-state index contributed by atoms with van der Waals surface area (Å²) in [7, 11) is 0. The van der Waals surface area contributed by atoms with E-state index >= 15 is 0 Å². The standard InChI is InChI=1S/C44H36N2/c1-29-13-5-9-17-37(29)45(38-18-10-6-14-30(38)2)41-27-23-33-22-26-36-42(28-24-34-21-25-35(41)43(33)44(34)36)46(39-19-11-7-15-31(39)3)40-20-12-8-16-32(40)4/h5-28H,1-4H3. The molecule has 0 fully saturated rings. The van der Waals surface area contributed by atoms with Gasteiger partial charge in [-0.15, -0.1) is 0 Å². The van der Waals surface area contributed by atoms with Gasteiger partial charge in [0.25, 0.3) is 0 Å². The Balaban J connectivity index is 1.44. The zero-order chi connectivity index (χ0) is 31.4. The van der Waals surface area contributed by atoms with Gasteiger partial charge in [-0.3, -0.25) is 0 Å². The zero-order valence-electron chi connectivity index (χ0n) is 26.8. The Morgan fingerprint density at radius 1 is 0.283 bits per heavy atom. The molecule has 0 aliphatic heterocycles. The number of nitrogens with zero attached hydrogens (tertiary/aromatic N) is 2. The Kier molecular flexibility index (Phi) is 6.73. The molecule has 0 atom stereocenters. The zero-order valence-corrected chi connectivity index (χ0v) is 26.8. The summed E-state index contributed by atoms with van der Waals surface area (Å²) in [5.74, 6) is 0. The lowest BCUT2D eigenvalue weighted by atomic mass is 9.91. The minimum atomic E-state index is 1.19. The molecule has 8 rings (SSSR count). The number of para-hydroxylation sites is 4. The predicted molar refractivity (Wildman–Crippen MR) is 198 cm³/mol. The van der Waals surface area contributed by atoms with Crippen LogP contribution in [0.1, 0.15) is 22.3 Å². The molecule has 0 radical (unpaired) electrons. The van der Waals surface area contributed by atoms with Crippen molar-refractivity contribution in [2.24, 2.45) is 0 Å². The Morgan fingerprint density at radius 3 is 0.870 bits per heavy atom. The summed E-state index contributed by atoms with van der Waals surface area (Å²) in [6.45, 7) is 8.81. The maximum absolute atomic E-state index is 2.45. The second-order valence-corrected chi connectivity index (χ2v) is 12.4. The Morgan fingerprint density at radius 2 is 0.565 bits per heavy atom. The topological polar surface area (TPSA) is 6.48 Å². The van der Waals surface area contributed by atoms with Crippen molar-refractivity contribution in [3.63, 3.8) is 0 Å². The minimum Gasteiger partial charge on any atom is -0.309 e. The van der Waals surface area contributed by atoms with Gasteiger partial charge >= 0.3 is 0 Å². The number of rotatable bonds is 6. The molecular weight excluding hydrogens is 556 g/mol. The number of hydrogen-bond donors (Lipinski definition) is 0. The van der Waals surface area contributed by atoms with Crippen LogP contribution in [0.2, 0.25) is 0 Å². The Labute approximate surface area is 271 Å². The third-order valence-electron chi connectivity index (χ3n) is 9.53. The molecule has 2 nitrogen and oxygen atoms in total. The van der Waals surface area contributed by atoms with Crippen LogP contribution in [0.15, 0.2) is 146 Å². The van der Waals surface area contributed by atoms with Crippen molar-refractivity contribution >= 4 is 66.4 Å². The summed E-state index contributed by atoms with van der Waals surface area (Å²) in [5.41, 5.74) is 12.1. The SMILES string of the molecule is Cc1ccccc1N(c1ccccc1C)c1ccc2ccc3c(N(c4ccccc4C)c4ccccc4C)ccc4ccc1c2c43. The van der Waals surface area contributed by atoms with E-state index in [1.54, 1.807) is 0 Å². The molecule has 222 valence electrons. The lowest BCUT2D eigenvalue weighted by Gasteiger charge is -2.31. The molecular formula is C44H36N2. The summed E-state index contributed by atoms with van der Waals surface area (Å²) < 4.78 is 0. The van der Waals surface area contributed by atoms with Crippen molar-refractivity contribution in [1.82, 2.24) is 0 Å². The van der Waals surface area contributed by atoms with Crippen molar-refractivity contribution in [2.45, 2.75) is 27.7 Å². The lowest BCUT2D eigenvalue weighted by Crippen LogP contribution is -2.14. The van der Waals surface area contributed by atoms with Crippen LogP contribution < -0.4 is 9.80 Å². The van der Waals surface area contributed by atoms with Crippen LogP contribution in [-0.4, -0.2) is 0 Å². The molecule has 0 unspecified atom stereocenters. The second-order valence-electron chi connectivity index (χ2n) is 12.4. The molecule has 8 aromatic carbocycles. The van der Waals surface area contributed by atoms with E-state index in [-0.39, 0.29) is 0 Å². The highest BCUT2D eigenvalue weighted by Gasteiger charge is 2.23. The highest BCUT2D eigenvalue weighted by molar-refractivity contribution is 6.28. The van der Waals surface area contributed by atoms with Crippen molar-refractivity contribution in [1.29, 1.82) is 0 Å². The maximum Gasteiger partial charge on any atom is 0.0540 e. The fourth-order valence-electron chi connectivity index (χ4n) is 7.20. The van der Waals surface area contributed by atoms with Crippen LogP contribution in [0.25, 0.3) is 32.3 Å². The molecule has 0 saturated carbocycles. The molecule has 0 amide bonds. The molecule has 0 N–H and O–H groups in total. The van der Waals surface area contributed by atoms with E-state index in [0.29, 0.717) is 0 Å². The van der Waals surface area contributed by atoms with Crippen LogP contribution in [0.3, 0.4) is 0 Å². The van der Waals surface area contributed by atoms with Gasteiger partial charge in [0.2, 0.25) is 0 Å². The minimum absolute atomic E-state index is 1.19. The summed E-state index contributed by atoms with van der Waals surface area (Å²) in [6.07, 6.45) is 0. The quantitative estimate of drug-likeness (QED) is 0.177. The second kappa shape index (κ2) is 11.1. The van der Waals surface area contributed by atoms with Crippen molar-refractivity contribution in [2.75, 3.05) is 9.80 Å². The maximum atomic E-state index is 2.45. The molecule has 2 heteroatoms. The van der Waals surface area contributed by atoms with Gasteiger partial charge in [0, 0.05) is 33.5 Å². The first-order chi connectivity index (χ1) is 22.5. The van der Waals surface area contributed by atoms with Gasteiger partial charge in [-0.1, -0.05) is 109 Å². The van der Waals surface area contributed by atoms with Crippen molar-refractivity contribution in [3.05, 3.63) is 168 Å². The number of hydrogen-bond acceptors (Lipinski definition) is 2. The highest BCUT2D eigenvalue weighted by Crippen LogP contribution is 2.48. The first kappa shape index (κ1) is 27.9. The van der Waals surface area contributed by atoms with Gasteiger partial charge in [-0.05, 0) is 108 Å². The third kappa shape index (κ3) is 4.41. The Bertz CT molecular complexity index is 2120. The van der Waals surface area contributed by atoms with E-state index in [1.807, 2.05) is 0 Å². The van der Waals surface area contributed by atoms with Gasteiger partial charge in [0.05, 0.1) is 11.4 Å². The fraction of sp³-hybridized carbons (Fsp3) is 0.0909. The average molecular weight is 593 g/mol. The lowest BCUT2D eigenvalue weighted by molar-refractivity contribution is 1.23. The van der Waals surface area contributed by atoms with Gasteiger partial charge in [0.1, 0.15) is 0 Å². The number of benzene rings is 8. The highest BCUT2D eigenvalue weighted by atomic mass is 15.2. The summed E-state index contributed by atoms with van der Waals surface area (Å²) in [6, 6.07) is 53.2. The number of anilines is 6. The molecule has 8 aromatic rings. The number of aryl methyl sites for hydroxylation is 4. The first-order valence-electron chi connectivity index (χ1n) is 16.0. The molecule has 0 bridgehead atoms. The Hall–Kier alpha value is -5.60. The van der Waals surface area contributed by atoms with Crippen molar-refractivity contribution < 1.29 is 0 Å². The van der Waals surface area contributed by atoms with Gasteiger partial charge in [-0.25, -0.2) is 0 Å². The molecule has 0 spiro atoms. The third-order valence-corrected chi connectivity index (χ3v) is 9.53. The summed E-state index contributed by atoms with van der Waals surface area (Å²) in [4.78, 5) is 4.90. The van der Waals surface area contributed by atoms with E-state index in [1.165, 1.54) is 88.7 Å². The largest absolute Gasteiger partial charge is 0.309 e. The summed E-state index contributed by atoms with van der Waals surface area (Å²) in [5, 5.41) is 7.60.